The van der Waals surface area contributed by atoms with Crippen molar-refractivity contribution in [2.24, 2.45) is 5.41 Å². The van der Waals surface area contributed by atoms with E-state index in [1.165, 1.54) is 5.56 Å². The minimum Gasteiger partial charge on any atom is -0.383 e. The number of aryl methyl sites for hydroxylation is 1. The van der Waals surface area contributed by atoms with Crippen molar-refractivity contribution in [3.8, 4) is 0 Å². The molecule has 0 spiro atoms. The van der Waals surface area contributed by atoms with Crippen LogP contribution in [0.2, 0.25) is 5.02 Å². The Bertz CT molecular complexity index is 292. The first-order valence-electron chi connectivity index (χ1n) is 4.89. The van der Waals surface area contributed by atoms with Crippen LogP contribution in [0.3, 0.4) is 0 Å². The molecule has 1 N–H and O–H groups in total. The molecule has 0 heterocycles. The molecule has 1 rings (SSSR count). The van der Waals surface area contributed by atoms with Crippen molar-refractivity contribution in [3.05, 3.63) is 28.8 Å². The molecule has 0 amide bonds. The Kier molecular flexibility index (Phi) is 3.43. The minimum atomic E-state index is 0.269. The summed E-state index contributed by atoms with van der Waals surface area (Å²) in [5, 5.41) is 4.19. The zero-order valence-corrected chi connectivity index (χ0v) is 10.1. The summed E-state index contributed by atoms with van der Waals surface area (Å²) in [5.74, 6) is 0. The number of para-hydroxylation sites is 1. The Morgan fingerprint density at radius 1 is 1.29 bits per heavy atom. The molecule has 0 saturated carbocycles. The number of rotatable bonds is 2. The maximum Gasteiger partial charge on any atom is 0.0640 e. The van der Waals surface area contributed by atoms with Gasteiger partial charge in [0.1, 0.15) is 0 Å². The molecule has 1 nitrogen and oxygen atoms in total. The maximum atomic E-state index is 6.10. The first kappa shape index (κ1) is 11.4. The minimum absolute atomic E-state index is 0.269. The average Bonchev–Trinajstić information content (AvgIpc) is 2.01. The van der Waals surface area contributed by atoms with Gasteiger partial charge in [0.25, 0.3) is 0 Å². The Hall–Kier alpha value is -0.690. The van der Waals surface area contributed by atoms with E-state index in [9.17, 15) is 0 Å². The van der Waals surface area contributed by atoms with Gasteiger partial charge in [-0.2, -0.15) is 0 Å². The zero-order valence-electron chi connectivity index (χ0n) is 9.32. The van der Waals surface area contributed by atoms with Gasteiger partial charge in [-0.25, -0.2) is 0 Å². The highest BCUT2D eigenvalue weighted by Crippen LogP contribution is 2.26. The van der Waals surface area contributed by atoms with Crippen LogP contribution in [0.25, 0.3) is 0 Å². The SMILES string of the molecule is Cc1cccc(Cl)c1NCC(C)(C)C. The summed E-state index contributed by atoms with van der Waals surface area (Å²) >= 11 is 6.10. The van der Waals surface area contributed by atoms with Crippen molar-refractivity contribution in [1.82, 2.24) is 0 Å². The highest BCUT2D eigenvalue weighted by molar-refractivity contribution is 6.33. The molecule has 0 aliphatic carbocycles. The van der Waals surface area contributed by atoms with Crippen molar-refractivity contribution in [1.29, 1.82) is 0 Å². The number of halogens is 1. The summed E-state index contributed by atoms with van der Waals surface area (Å²) < 4.78 is 0. The Balaban J connectivity index is 2.77. The van der Waals surface area contributed by atoms with Gasteiger partial charge < -0.3 is 5.32 Å². The van der Waals surface area contributed by atoms with Crippen molar-refractivity contribution in [2.75, 3.05) is 11.9 Å². The normalized spacial score (nSPS) is 11.5. The van der Waals surface area contributed by atoms with Gasteiger partial charge in [-0.05, 0) is 24.0 Å². The van der Waals surface area contributed by atoms with Crippen LogP contribution in [0.5, 0.6) is 0 Å². The molecule has 0 radical (unpaired) electrons. The predicted molar refractivity (Wildman–Crippen MR) is 64.1 cm³/mol. The molecule has 0 fully saturated rings. The Morgan fingerprint density at radius 3 is 2.43 bits per heavy atom. The van der Waals surface area contributed by atoms with Crippen LogP contribution >= 0.6 is 11.6 Å². The van der Waals surface area contributed by atoms with Crippen LogP contribution in [0.4, 0.5) is 5.69 Å². The smallest absolute Gasteiger partial charge is 0.0640 e. The summed E-state index contributed by atoms with van der Waals surface area (Å²) in [6.07, 6.45) is 0. The average molecular weight is 212 g/mol. The van der Waals surface area contributed by atoms with Crippen LogP contribution in [-0.4, -0.2) is 6.54 Å². The van der Waals surface area contributed by atoms with Gasteiger partial charge in [-0.1, -0.05) is 44.5 Å². The fraction of sp³-hybridized carbons (Fsp3) is 0.500. The Labute approximate surface area is 91.5 Å². The fourth-order valence-corrected chi connectivity index (χ4v) is 1.50. The molecule has 0 unspecified atom stereocenters. The monoisotopic (exact) mass is 211 g/mol. The topological polar surface area (TPSA) is 12.0 Å². The zero-order chi connectivity index (χ0) is 10.8. The molecule has 0 bridgehead atoms. The summed E-state index contributed by atoms with van der Waals surface area (Å²) in [7, 11) is 0. The highest BCUT2D eigenvalue weighted by atomic mass is 35.5. The van der Waals surface area contributed by atoms with Gasteiger partial charge in [-0.3, -0.25) is 0 Å². The molecule has 0 aliphatic heterocycles. The fourth-order valence-electron chi connectivity index (χ4n) is 1.21. The number of nitrogens with one attached hydrogen (secondary N) is 1. The first-order valence-corrected chi connectivity index (χ1v) is 5.27. The largest absolute Gasteiger partial charge is 0.383 e. The van der Waals surface area contributed by atoms with Crippen molar-refractivity contribution < 1.29 is 0 Å². The van der Waals surface area contributed by atoms with E-state index in [0.717, 1.165) is 17.3 Å². The molecule has 2 heteroatoms. The third-order valence-electron chi connectivity index (χ3n) is 2.02. The van der Waals surface area contributed by atoms with Crippen molar-refractivity contribution in [2.45, 2.75) is 27.7 Å². The lowest BCUT2D eigenvalue weighted by Gasteiger charge is -2.21. The number of hydrogen-bond acceptors (Lipinski definition) is 1. The second kappa shape index (κ2) is 4.22. The van der Waals surface area contributed by atoms with Gasteiger partial charge in [0.05, 0.1) is 10.7 Å². The molecule has 0 saturated heterocycles. The van der Waals surface area contributed by atoms with Gasteiger partial charge in [0, 0.05) is 6.54 Å². The van der Waals surface area contributed by atoms with Crippen LogP contribution < -0.4 is 5.32 Å². The van der Waals surface area contributed by atoms with E-state index in [1.54, 1.807) is 0 Å². The maximum absolute atomic E-state index is 6.10. The van der Waals surface area contributed by atoms with E-state index in [4.69, 9.17) is 11.6 Å². The van der Waals surface area contributed by atoms with Gasteiger partial charge in [0.15, 0.2) is 0 Å². The second-order valence-corrected chi connectivity index (χ2v) is 5.25. The quantitative estimate of drug-likeness (QED) is 0.777. The highest BCUT2D eigenvalue weighted by Gasteiger charge is 2.11. The summed E-state index contributed by atoms with van der Waals surface area (Å²) in [4.78, 5) is 0. The lowest BCUT2D eigenvalue weighted by Crippen LogP contribution is -2.19. The number of hydrogen-bond donors (Lipinski definition) is 1. The lowest BCUT2D eigenvalue weighted by molar-refractivity contribution is 0.443. The molecular weight excluding hydrogens is 194 g/mol. The summed E-state index contributed by atoms with van der Waals surface area (Å²) in [5.41, 5.74) is 2.52. The predicted octanol–water partition coefficient (Wildman–Crippen LogP) is 4.11. The lowest BCUT2D eigenvalue weighted by atomic mass is 9.97. The molecule has 0 aliphatic rings. The number of anilines is 1. The Morgan fingerprint density at radius 2 is 1.93 bits per heavy atom. The molecule has 78 valence electrons. The van der Waals surface area contributed by atoms with Crippen LogP contribution in [0.1, 0.15) is 26.3 Å². The summed E-state index contributed by atoms with van der Waals surface area (Å²) in [6.45, 7) is 9.60. The standard InChI is InChI=1S/C12H18ClN/c1-9-6-5-7-10(13)11(9)14-8-12(2,3)4/h5-7,14H,8H2,1-4H3. The number of benzene rings is 1. The van der Waals surface area contributed by atoms with Crippen molar-refractivity contribution >= 4 is 17.3 Å². The van der Waals surface area contributed by atoms with Crippen molar-refractivity contribution in [3.63, 3.8) is 0 Å². The van der Waals surface area contributed by atoms with Crippen LogP contribution in [0.15, 0.2) is 18.2 Å². The molecule has 0 aromatic heterocycles. The van der Waals surface area contributed by atoms with E-state index in [1.807, 2.05) is 12.1 Å². The molecular formula is C12H18ClN. The van der Waals surface area contributed by atoms with Gasteiger partial charge in [0.2, 0.25) is 0 Å². The first-order chi connectivity index (χ1) is 6.40. The van der Waals surface area contributed by atoms with E-state index < -0.39 is 0 Å². The van der Waals surface area contributed by atoms with E-state index in [0.29, 0.717) is 0 Å². The van der Waals surface area contributed by atoms with E-state index in [2.05, 4.69) is 39.1 Å². The third-order valence-corrected chi connectivity index (χ3v) is 2.33. The second-order valence-electron chi connectivity index (χ2n) is 4.85. The molecule has 1 aromatic rings. The van der Waals surface area contributed by atoms with Crippen LogP contribution in [0, 0.1) is 12.3 Å². The molecule has 1 aromatic carbocycles. The molecule has 0 atom stereocenters. The van der Waals surface area contributed by atoms with E-state index >= 15 is 0 Å². The van der Waals surface area contributed by atoms with Crippen LogP contribution in [-0.2, 0) is 0 Å². The summed E-state index contributed by atoms with van der Waals surface area (Å²) in [6, 6.07) is 5.95. The van der Waals surface area contributed by atoms with E-state index in [-0.39, 0.29) is 5.41 Å². The van der Waals surface area contributed by atoms with Gasteiger partial charge in [-0.15, -0.1) is 0 Å². The third kappa shape index (κ3) is 3.22. The molecule has 14 heavy (non-hydrogen) atoms. The van der Waals surface area contributed by atoms with Gasteiger partial charge >= 0.3 is 0 Å².